The first-order valence-electron chi connectivity index (χ1n) is 17.7. The first-order chi connectivity index (χ1) is 29.0. The minimum Gasteiger partial charge on any atom is -0.426 e. The average Bonchev–Trinajstić information content (AvgIpc) is 3.47. The Bertz CT molecular complexity index is 1590. The quantitative estimate of drug-likeness (QED) is 0.0677. The van der Waals surface area contributed by atoms with Crippen LogP contribution in [0.25, 0.3) is 0 Å². The number of ether oxygens (including phenoxy) is 2. The molecule has 2 saturated carbocycles. The predicted molar refractivity (Wildman–Crippen MR) is 387 cm³/mol. The van der Waals surface area contributed by atoms with Crippen molar-refractivity contribution in [3.05, 3.63) is 11.1 Å². The van der Waals surface area contributed by atoms with Crippen LogP contribution in [0.3, 0.4) is 0 Å². The van der Waals surface area contributed by atoms with Gasteiger partial charge in [0, 0.05) is 44.6 Å². The van der Waals surface area contributed by atoms with Crippen molar-refractivity contribution in [3.63, 3.8) is 0 Å². The average molecular weight is 1520 g/mol. The lowest BCUT2D eigenvalue weighted by molar-refractivity contribution is -0.183. The number of hydrogen-bond acceptors (Lipinski definition) is 8. The van der Waals surface area contributed by atoms with Crippen molar-refractivity contribution >= 4 is 297 Å². The molecule has 1 heterocycles. The molecule has 0 radical (unpaired) electrons. The largest absolute Gasteiger partial charge is 0.509 e. The third-order valence-electron chi connectivity index (χ3n) is 11.0. The Balaban J connectivity index is 2.14. The highest BCUT2D eigenvalue weighted by Crippen LogP contribution is 3.18. The summed E-state index contributed by atoms with van der Waals surface area (Å²) in [5, 5.41) is 0. The number of ketones is 1. The van der Waals surface area contributed by atoms with E-state index in [2.05, 4.69) is 197 Å². The summed E-state index contributed by atoms with van der Waals surface area (Å²) in [4.78, 5) is 30.0. The molecule has 3 fully saturated rings. The zero-order valence-electron chi connectivity index (χ0n) is 34.5. The fourth-order valence-corrected chi connectivity index (χ4v) is 206. The molecule has 63 heavy (non-hydrogen) atoms. The molecule has 0 amide bonds. The van der Waals surface area contributed by atoms with Gasteiger partial charge in [-0.25, -0.2) is 4.79 Å². The Morgan fingerprint density at radius 1 is 0.619 bits per heavy atom. The van der Waals surface area contributed by atoms with Crippen molar-refractivity contribution in [2.75, 3.05) is 0 Å². The van der Waals surface area contributed by atoms with Crippen LogP contribution in [-0.4, -0.2) is 48.1 Å². The number of hydrogen-bond donors (Lipinski definition) is 0. The van der Waals surface area contributed by atoms with Gasteiger partial charge in [-0.2, -0.15) is 0 Å². The molecule has 2 bridgehead atoms. The van der Waals surface area contributed by atoms with Gasteiger partial charge >= 0.3 is 6.16 Å². The topological polar surface area (TPSA) is 89.5 Å². The Kier molecular flexibility index (Phi) is 33.9. The van der Waals surface area contributed by atoms with E-state index in [1.165, 1.54) is 0 Å². The molecule has 1 aliphatic heterocycles. The second-order valence-corrected chi connectivity index (χ2v) is 136. The van der Waals surface area contributed by atoms with E-state index < -0.39 is 160 Å². The molecule has 0 aromatic rings. The van der Waals surface area contributed by atoms with Crippen LogP contribution >= 0.6 is 285 Å². The predicted octanol–water partition coefficient (Wildman–Crippen LogP) is 22.1. The maximum absolute atomic E-state index is 15.8. The van der Waals surface area contributed by atoms with Gasteiger partial charge in [0.25, 0.3) is 0 Å². The molecule has 4 rings (SSSR count). The smallest absolute Gasteiger partial charge is 0.426 e. The minimum absolute atomic E-state index is 0.0381. The van der Waals surface area contributed by atoms with E-state index in [0.717, 1.165) is 11.1 Å². The maximum Gasteiger partial charge on any atom is 0.509 e. The molecule has 33 atom stereocenters. The van der Waals surface area contributed by atoms with Crippen LogP contribution in [-0.2, 0) is 32.4 Å². The first-order valence-corrected chi connectivity index (χ1v) is 78.1. The second kappa shape index (κ2) is 30.9. The summed E-state index contributed by atoms with van der Waals surface area (Å²) < 4.78 is 43.4. The van der Waals surface area contributed by atoms with Crippen LogP contribution < -0.4 is 0 Å². The molecule has 1 saturated heterocycles. The van der Waals surface area contributed by atoms with Crippen molar-refractivity contribution in [2.24, 2.45) is 16.7 Å². The van der Waals surface area contributed by atoms with E-state index in [0.29, 0.717) is 27.2 Å². The molecule has 43 heteroatoms. The SMILES string of the molecule is CC1=C2C(OP(P(P)P)P(PP)P(P)P)C[C@]3(C)C(OP(P(P)P)P(P)P)CC(OP(P)P(P)P)C(=O)C3C3OC(=O)OC3(CC1OP(P(P)P(P)P)P(P(P)P)P(P)P)C2(C)C. The molecule has 366 valence electrons. The van der Waals surface area contributed by atoms with Gasteiger partial charge in [-0.15, -0.1) is 152 Å². The highest BCUT2D eigenvalue weighted by Gasteiger charge is 2.74. The molecule has 32 unspecified atom stereocenters. The van der Waals surface area contributed by atoms with E-state index in [9.17, 15) is 4.79 Å². The van der Waals surface area contributed by atoms with Gasteiger partial charge in [0.15, 0.2) is 17.5 Å². The molecule has 3 aliphatic carbocycles. The van der Waals surface area contributed by atoms with E-state index >= 15 is 4.79 Å². The highest BCUT2D eigenvalue weighted by atomic mass is 33.2. The standard InChI is InChI=1S/C20H63O8P35/c1-8-10(26-52(61(47)57(39)40)63(59(43)44)60(45)46)7-20-16(23-17(22)24-20)14-15(21)9(25-49(30)53(31)32)5-12(28-50(54(33)34)55(35)36)19(14,4)6-11(13(8)18(20,2)3)27-51(56(37)38)62(48-29)58(41)42/h9-12,14,16,48H,5-7,29-47H2,1-4H3/t9?,10?,11?,12?,14?,16?,19-,20?,49?,51?,52?,61?,62?/m1/s1. The fraction of sp³-hybridized carbons (Fsp3) is 0.800. The molecular formula is C20H63O8P35. The van der Waals surface area contributed by atoms with Crippen molar-refractivity contribution in [2.45, 2.75) is 83.1 Å². The summed E-state index contributed by atoms with van der Waals surface area (Å²) in [7, 11) is 55.0. The van der Waals surface area contributed by atoms with Crippen molar-refractivity contribution < 1.29 is 37.2 Å². The molecular weight excluding hydrogens is 1450 g/mol. The van der Waals surface area contributed by atoms with E-state index in [4.69, 9.17) is 27.6 Å². The lowest BCUT2D eigenvalue weighted by atomic mass is 9.48. The molecule has 0 N–H and O–H groups in total. The van der Waals surface area contributed by atoms with E-state index in [-0.39, 0.29) is 11.9 Å². The number of carbonyl (C=O) groups excluding carboxylic acids is 2. The Morgan fingerprint density at radius 2 is 1.16 bits per heavy atom. The summed E-state index contributed by atoms with van der Waals surface area (Å²) in [6.45, 7) is 2.98. The Hall–Kier alpha value is 13.6. The lowest BCUT2D eigenvalue weighted by Gasteiger charge is -2.61. The third kappa shape index (κ3) is 16.9. The minimum atomic E-state index is -1.25. The maximum atomic E-state index is 15.8. The third-order valence-corrected chi connectivity index (χ3v) is 166. The number of fused-ring (bicyclic) bond motifs is 3. The van der Waals surface area contributed by atoms with Gasteiger partial charge in [0.2, 0.25) is 0 Å². The molecule has 1 spiro atoms. The van der Waals surface area contributed by atoms with Gasteiger partial charge in [-0.3, -0.25) is 4.79 Å². The van der Waals surface area contributed by atoms with Crippen molar-refractivity contribution in [3.8, 4) is 0 Å². The summed E-state index contributed by atoms with van der Waals surface area (Å²) in [6.07, 6.45) is -2.26. The second-order valence-electron chi connectivity index (χ2n) is 15.0. The summed E-state index contributed by atoms with van der Waals surface area (Å²) in [6, 6.07) is 0. The molecule has 0 aromatic heterocycles. The summed E-state index contributed by atoms with van der Waals surface area (Å²) >= 11 is 0. The number of Topliss-reactive ketones (excluding diaryl/α,β-unsaturated/α-hetero) is 1. The van der Waals surface area contributed by atoms with Gasteiger partial charge in [-0.1, -0.05) is 46.6 Å². The summed E-state index contributed by atoms with van der Waals surface area (Å²) in [5.74, 6) is -0.831. The Labute approximate surface area is 440 Å². The van der Waals surface area contributed by atoms with Gasteiger partial charge in [0.1, 0.15) is 6.10 Å². The van der Waals surface area contributed by atoms with Crippen molar-refractivity contribution in [1.82, 2.24) is 0 Å². The molecule has 8 nitrogen and oxygen atoms in total. The summed E-state index contributed by atoms with van der Waals surface area (Å²) in [5.41, 5.74) is -0.578. The Morgan fingerprint density at radius 3 is 1.62 bits per heavy atom. The van der Waals surface area contributed by atoms with Gasteiger partial charge < -0.3 is 27.6 Å². The molecule has 4 aliphatic rings. The van der Waals surface area contributed by atoms with Crippen LogP contribution in [0.4, 0.5) is 4.79 Å². The zero-order valence-corrected chi connectivity index (χ0v) is 70.9. The number of rotatable bonds is 20. The lowest BCUT2D eigenvalue weighted by Crippen LogP contribution is -2.69. The zero-order chi connectivity index (χ0) is 48.0. The van der Waals surface area contributed by atoms with Crippen LogP contribution in [0, 0.1) is 16.7 Å². The van der Waals surface area contributed by atoms with Crippen LogP contribution in [0.15, 0.2) is 11.1 Å². The highest BCUT2D eigenvalue weighted by molar-refractivity contribution is 9.19. The molecule has 0 aromatic carbocycles. The fourth-order valence-electron chi connectivity index (χ4n) is 8.38. The van der Waals surface area contributed by atoms with Gasteiger partial charge in [-0.05, 0) is 80.4 Å². The van der Waals surface area contributed by atoms with Crippen molar-refractivity contribution in [1.29, 1.82) is 0 Å². The van der Waals surface area contributed by atoms with E-state index in [1.54, 1.807) is 0 Å². The van der Waals surface area contributed by atoms with Gasteiger partial charge in [0.05, 0.1) is 54.3 Å². The normalized spacial score (nSPS) is 32.7. The van der Waals surface area contributed by atoms with Crippen LogP contribution in [0.5, 0.6) is 0 Å². The van der Waals surface area contributed by atoms with Crippen LogP contribution in [0.2, 0.25) is 0 Å². The van der Waals surface area contributed by atoms with Crippen LogP contribution in [0.1, 0.15) is 47.0 Å². The number of carbonyl (C=O) groups is 2. The monoisotopic (exact) mass is 1520 g/mol. The van der Waals surface area contributed by atoms with E-state index in [1.807, 2.05) is 0 Å². The first kappa shape index (κ1) is 69.1.